The molecule has 0 saturated carbocycles. The van der Waals surface area contributed by atoms with E-state index in [9.17, 15) is 18.0 Å². The zero-order chi connectivity index (χ0) is 9.19. The smallest absolute Gasteiger partial charge is 0.391 e. The molecule has 0 amide bonds. The van der Waals surface area contributed by atoms with Gasteiger partial charge in [0.15, 0.2) is 0 Å². The first-order chi connectivity index (χ1) is 5.50. The minimum Gasteiger partial charge on any atom is -0.391 e. The fourth-order valence-corrected chi connectivity index (χ4v) is 0.882. The molecule has 1 aromatic heterocycles. The second-order valence-electron chi connectivity index (χ2n) is 1.69. The van der Waals surface area contributed by atoms with Crippen molar-refractivity contribution in [2.24, 2.45) is 0 Å². The maximum Gasteiger partial charge on any atom is 0.491 e. The molecule has 0 radical (unpaired) electrons. The summed E-state index contributed by atoms with van der Waals surface area (Å²) in [5.41, 5.74) is 0. The molecule has 0 unspecified atom stereocenters. The minimum atomic E-state index is -4.97. The van der Waals surface area contributed by atoms with E-state index in [0.717, 1.165) is 11.3 Å². The van der Waals surface area contributed by atoms with E-state index in [4.69, 9.17) is 0 Å². The number of halogens is 3. The lowest BCUT2D eigenvalue weighted by atomic mass is 10.7. The second-order valence-corrected chi connectivity index (χ2v) is 2.54. The highest BCUT2D eigenvalue weighted by atomic mass is 32.1. The standard InChI is InChI=1S/C5H2F3NO2S/c6-5(7,8)3(10)11-4-9-1-2-12-4/h1-2H. The van der Waals surface area contributed by atoms with Crippen LogP contribution in [0, 0.1) is 0 Å². The number of alkyl halides is 3. The van der Waals surface area contributed by atoms with Gasteiger partial charge in [0.2, 0.25) is 0 Å². The number of ether oxygens (including phenoxy) is 1. The molecule has 0 saturated heterocycles. The highest BCUT2D eigenvalue weighted by Gasteiger charge is 2.41. The fourth-order valence-electron chi connectivity index (χ4n) is 0.398. The zero-order valence-electron chi connectivity index (χ0n) is 5.46. The summed E-state index contributed by atoms with van der Waals surface area (Å²) in [5.74, 6) is -2.25. The van der Waals surface area contributed by atoms with Gasteiger partial charge in [0.1, 0.15) is 0 Å². The molecular formula is C5H2F3NO2S. The van der Waals surface area contributed by atoms with Crippen LogP contribution in [0.3, 0.4) is 0 Å². The molecule has 0 fully saturated rings. The van der Waals surface area contributed by atoms with Gasteiger partial charge in [-0.1, -0.05) is 11.3 Å². The third kappa shape index (κ3) is 2.19. The molecule has 7 heteroatoms. The molecule has 0 aliphatic carbocycles. The van der Waals surface area contributed by atoms with Gasteiger partial charge in [0, 0.05) is 11.6 Å². The van der Waals surface area contributed by atoms with E-state index >= 15 is 0 Å². The molecule has 3 nitrogen and oxygen atoms in total. The predicted octanol–water partition coefficient (Wildman–Crippen LogP) is 1.61. The van der Waals surface area contributed by atoms with E-state index < -0.39 is 12.1 Å². The van der Waals surface area contributed by atoms with Gasteiger partial charge < -0.3 is 4.74 Å². The van der Waals surface area contributed by atoms with Crippen LogP contribution in [-0.4, -0.2) is 17.1 Å². The van der Waals surface area contributed by atoms with Crippen LogP contribution in [0.4, 0.5) is 13.2 Å². The molecular weight excluding hydrogens is 195 g/mol. The molecule has 0 atom stereocenters. The van der Waals surface area contributed by atoms with Gasteiger partial charge in [-0.15, -0.1) is 0 Å². The lowest BCUT2D eigenvalue weighted by molar-refractivity contribution is -0.189. The number of nitrogens with zero attached hydrogens (tertiary/aromatic N) is 1. The molecule has 0 spiro atoms. The molecule has 0 aliphatic rings. The van der Waals surface area contributed by atoms with Gasteiger partial charge in [0.25, 0.3) is 5.19 Å². The maximum absolute atomic E-state index is 11.5. The van der Waals surface area contributed by atoms with Crippen LogP contribution in [0.5, 0.6) is 5.19 Å². The van der Waals surface area contributed by atoms with Gasteiger partial charge >= 0.3 is 12.1 Å². The number of rotatable bonds is 1. The van der Waals surface area contributed by atoms with Crippen molar-refractivity contribution in [1.29, 1.82) is 0 Å². The molecule has 0 aliphatic heterocycles. The van der Waals surface area contributed by atoms with E-state index in [1.54, 1.807) is 0 Å². The van der Waals surface area contributed by atoms with E-state index in [1.165, 1.54) is 11.6 Å². The van der Waals surface area contributed by atoms with Crippen molar-refractivity contribution in [3.05, 3.63) is 11.6 Å². The van der Waals surface area contributed by atoms with Crippen LogP contribution in [0.2, 0.25) is 0 Å². The predicted molar refractivity (Wildman–Crippen MR) is 33.8 cm³/mol. The summed E-state index contributed by atoms with van der Waals surface area (Å²) in [7, 11) is 0. The lowest BCUT2D eigenvalue weighted by Crippen LogP contribution is -2.27. The lowest BCUT2D eigenvalue weighted by Gasteiger charge is -2.02. The minimum absolute atomic E-state index is 0.308. The molecule has 66 valence electrons. The van der Waals surface area contributed by atoms with Gasteiger partial charge in [-0.3, -0.25) is 0 Å². The first kappa shape index (κ1) is 8.98. The summed E-state index contributed by atoms with van der Waals surface area (Å²) >= 11 is 0.813. The van der Waals surface area contributed by atoms with Crippen molar-refractivity contribution < 1.29 is 22.7 Å². The largest absolute Gasteiger partial charge is 0.491 e. The Kier molecular flexibility index (Phi) is 2.32. The highest BCUT2D eigenvalue weighted by Crippen LogP contribution is 2.20. The summed E-state index contributed by atoms with van der Waals surface area (Å²) in [6.07, 6.45) is -3.73. The number of aromatic nitrogens is 1. The number of carbonyl (C=O) groups excluding carboxylic acids is 1. The number of hydrogen-bond donors (Lipinski definition) is 0. The molecule has 0 N–H and O–H groups in total. The summed E-state index contributed by atoms with van der Waals surface area (Å²) in [5, 5.41) is 1.09. The van der Waals surface area contributed by atoms with Crippen molar-refractivity contribution >= 4 is 17.3 Å². The quantitative estimate of drug-likeness (QED) is 0.642. The number of esters is 1. The monoisotopic (exact) mass is 197 g/mol. The summed E-state index contributed by atoms with van der Waals surface area (Å²) in [6.45, 7) is 0. The van der Waals surface area contributed by atoms with Crippen LogP contribution in [0.1, 0.15) is 0 Å². The molecule has 1 heterocycles. The topological polar surface area (TPSA) is 39.2 Å². The highest BCUT2D eigenvalue weighted by molar-refractivity contribution is 7.11. The van der Waals surface area contributed by atoms with Gasteiger partial charge in [-0.2, -0.15) is 13.2 Å². The normalized spacial score (nSPS) is 11.2. The SMILES string of the molecule is O=C(Oc1nccs1)C(F)(F)F. The third-order valence-corrected chi connectivity index (χ3v) is 1.47. The van der Waals surface area contributed by atoms with Crippen LogP contribution >= 0.6 is 11.3 Å². The van der Waals surface area contributed by atoms with Crippen molar-refractivity contribution in [3.63, 3.8) is 0 Å². The molecule has 1 aromatic rings. The van der Waals surface area contributed by atoms with Gasteiger partial charge in [-0.25, -0.2) is 9.78 Å². The number of hydrogen-bond acceptors (Lipinski definition) is 4. The van der Waals surface area contributed by atoms with E-state index in [0.29, 0.717) is 0 Å². The number of thiazole rings is 1. The molecule has 1 rings (SSSR count). The van der Waals surface area contributed by atoms with Crippen LogP contribution in [-0.2, 0) is 4.79 Å². The van der Waals surface area contributed by atoms with Crippen LogP contribution in [0.25, 0.3) is 0 Å². The molecule has 12 heavy (non-hydrogen) atoms. The zero-order valence-corrected chi connectivity index (χ0v) is 6.28. The van der Waals surface area contributed by atoms with E-state index in [1.807, 2.05) is 0 Å². The van der Waals surface area contributed by atoms with Gasteiger partial charge in [0.05, 0.1) is 0 Å². The fraction of sp³-hybridized carbons (Fsp3) is 0.200. The Hall–Kier alpha value is -1.11. The molecule has 0 bridgehead atoms. The summed E-state index contributed by atoms with van der Waals surface area (Å²) in [6, 6.07) is 0. The molecule has 0 aromatic carbocycles. The summed E-state index contributed by atoms with van der Waals surface area (Å²) in [4.78, 5) is 13.5. The van der Waals surface area contributed by atoms with E-state index in [2.05, 4.69) is 9.72 Å². The van der Waals surface area contributed by atoms with Crippen molar-refractivity contribution in [1.82, 2.24) is 4.98 Å². The van der Waals surface area contributed by atoms with Crippen LogP contribution < -0.4 is 4.74 Å². The average molecular weight is 197 g/mol. The Labute approximate surface area is 68.8 Å². The van der Waals surface area contributed by atoms with Crippen LogP contribution in [0.15, 0.2) is 11.6 Å². The van der Waals surface area contributed by atoms with Crippen molar-refractivity contribution in [3.8, 4) is 5.19 Å². The second kappa shape index (κ2) is 3.10. The van der Waals surface area contributed by atoms with Crippen molar-refractivity contribution in [2.45, 2.75) is 6.18 Å². The Balaban J connectivity index is 2.60. The Morgan fingerprint density at radius 1 is 1.58 bits per heavy atom. The Morgan fingerprint density at radius 3 is 2.67 bits per heavy atom. The third-order valence-electron chi connectivity index (χ3n) is 0.821. The van der Waals surface area contributed by atoms with Gasteiger partial charge in [-0.05, 0) is 0 Å². The van der Waals surface area contributed by atoms with E-state index in [-0.39, 0.29) is 5.19 Å². The first-order valence-corrected chi connectivity index (χ1v) is 3.56. The number of carbonyl (C=O) groups is 1. The first-order valence-electron chi connectivity index (χ1n) is 2.68. The maximum atomic E-state index is 11.5. The Bertz CT molecular complexity index is 269. The summed E-state index contributed by atoms with van der Waals surface area (Å²) < 4.78 is 38.5. The average Bonchev–Trinajstić information content (AvgIpc) is 2.37. The Morgan fingerprint density at radius 2 is 2.25 bits per heavy atom. The van der Waals surface area contributed by atoms with Crippen molar-refractivity contribution in [2.75, 3.05) is 0 Å².